The average Bonchev–Trinajstić information content (AvgIpc) is 2.72. The van der Waals surface area contributed by atoms with Gasteiger partial charge in [-0.3, -0.25) is 4.79 Å². The van der Waals surface area contributed by atoms with Crippen LogP contribution in [0.3, 0.4) is 0 Å². The second-order valence-corrected chi connectivity index (χ2v) is 3.84. The van der Waals surface area contributed by atoms with Crippen molar-refractivity contribution in [3.05, 3.63) is 0 Å². The molecule has 68 valence electrons. The standard InChI is InChI=1S/C9H15NO2/c1-6-4-5-12-8(6)9(11)10-7-2-3-7/h6-8H,2-5H2,1H3,(H,10,11). The van der Waals surface area contributed by atoms with E-state index in [1.54, 1.807) is 0 Å². The molecule has 0 aromatic carbocycles. The van der Waals surface area contributed by atoms with Crippen LogP contribution in [0.4, 0.5) is 0 Å². The molecule has 0 bridgehead atoms. The fourth-order valence-electron chi connectivity index (χ4n) is 1.54. The quantitative estimate of drug-likeness (QED) is 0.660. The Morgan fingerprint density at radius 3 is 2.67 bits per heavy atom. The Morgan fingerprint density at radius 1 is 1.42 bits per heavy atom. The van der Waals surface area contributed by atoms with Gasteiger partial charge in [0.05, 0.1) is 0 Å². The van der Waals surface area contributed by atoms with Gasteiger partial charge in [0.15, 0.2) is 0 Å². The summed E-state index contributed by atoms with van der Waals surface area (Å²) in [6.07, 6.45) is 3.13. The van der Waals surface area contributed by atoms with Crippen molar-refractivity contribution in [1.82, 2.24) is 5.32 Å². The van der Waals surface area contributed by atoms with Crippen LogP contribution in [0.15, 0.2) is 0 Å². The molecule has 1 saturated heterocycles. The predicted octanol–water partition coefficient (Wildman–Crippen LogP) is 0.690. The molecule has 0 spiro atoms. The monoisotopic (exact) mass is 169 g/mol. The first-order chi connectivity index (χ1) is 5.77. The molecule has 0 radical (unpaired) electrons. The Kier molecular flexibility index (Phi) is 2.05. The minimum atomic E-state index is -0.175. The molecule has 3 nitrogen and oxygen atoms in total. The summed E-state index contributed by atoms with van der Waals surface area (Å²) in [6, 6.07) is 0.453. The summed E-state index contributed by atoms with van der Waals surface area (Å²) in [5, 5.41) is 2.96. The van der Waals surface area contributed by atoms with E-state index in [1.807, 2.05) is 0 Å². The Morgan fingerprint density at radius 2 is 2.17 bits per heavy atom. The van der Waals surface area contributed by atoms with Crippen LogP contribution in [0.25, 0.3) is 0 Å². The zero-order valence-corrected chi connectivity index (χ0v) is 7.38. The summed E-state index contributed by atoms with van der Waals surface area (Å²) in [5.41, 5.74) is 0. The molecule has 0 aromatic rings. The van der Waals surface area contributed by atoms with Crippen LogP contribution in [0.2, 0.25) is 0 Å². The number of hydrogen-bond acceptors (Lipinski definition) is 2. The van der Waals surface area contributed by atoms with Crippen LogP contribution >= 0.6 is 0 Å². The maximum Gasteiger partial charge on any atom is 0.249 e. The molecule has 1 aliphatic carbocycles. The lowest BCUT2D eigenvalue weighted by atomic mass is 10.0. The average molecular weight is 169 g/mol. The number of carbonyl (C=O) groups is 1. The number of nitrogens with one attached hydrogen (secondary N) is 1. The van der Waals surface area contributed by atoms with Crippen LogP contribution in [0.5, 0.6) is 0 Å². The number of amides is 1. The highest BCUT2D eigenvalue weighted by molar-refractivity contribution is 5.81. The maximum atomic E-state index is 11.5. The molecule has 0 aromatic heterocycles. The fraction of sp³-hybridized carbons (Fsp3) is 0.889. The van der Waals surface area contributed by atoms with Gasteiger partial charge in [0.25, 0.3) is 0 Å². The minimum Gasteiger partial charge on any atom is -0.368 e. The van der Waals surface area contributed by atoms with Gasteiger partial charge in [-0.25, -0.2) is 0 Å². The van der Waals surface area contributed by atoms with Gasteiger partial charge in [-0.15, -0.1) is 0 Å². The third-order valence-corrected chi connectivity index (χ3v) is 2.57. The number of carbonyl (C=O) groups excluding carboxylic acids is 1. The summed E-state index contributed by atoms with van der Waals surface area (Å²) >= 11 is 0. The topological polar surface area (TPSA) is 38.3 Å². The van der Waals surface area contributed by atoms with Crippen molar-refractivity contribution < 1.29 is 9.53 Å². The predicted molar refractivity (Wildman–Crippen MR) is 44.7 cm³/mol. The molecule has 2 fully saturated rings. The van der Waals surface area contributed by atoms with Crippen molar-refractivity contribution in [2.75, 3.05) is 6.61 Å². The first-order valence-electron chi connectivity index (χ1n) is 4.69. The molecule has 1 saturated carbocycles. The zero-order chi connectivity index (χ0) is 8.55. The highest BCUT2D eigenvalue weighted by Crippen LogP contribution is 2.23. The molecule has 1 aliphatic heterocycles. The molecule has 1 heterocycles. The van der Waals surface area contributed by atoms with Gasteiger partial charge in [0, 0.05) is 12.6 Å². The van der Waals surface area contributed by atoms with Gasteiger partial charge >= 0.3 is 0 Å². The Labute approximate surface area is 72.5 Å². The molecule has 3 heteroatoms. The van der Waals surface area contributed by atoms with Crippen LogP contribution < -0.4 is 5.32 Å². The van der Waals surface area contributed by atoms with E-state index in [1.165, 1.54) is 0 Å². The van der Waals surface area contributed by atoms with Gasteiger partial charge in [-0.1, -0.05) is 6.92 Å². The summed E-state index contributed by atoms with van der Waals surface area (Å²) in [4.78, 5) is 11.5. The molecular formula is C9H15NO2. The summed E-state index contributed by atoms with van der Waals surface area (Å²) in [7, 11) is 0. The van der Waals surface area contributed by atoms with E-state index in [9.17, 15) is 4.79 Å². The second-order valence-electron chi connectivity index (χ2n) is 3.84. The first-order valence-corrected chi connectivity index (χ1v) is 4.69. The van der Waals surface area contributed by atoms with E-state index in [0.29, 0.717) is 12.0 Å². The maximum absolute atomic E-state index is 11.5. The lowest BCUT2D eigenvalue weighted by molar-refractivity contribution is -0.131. The smallest absolute Gasteiger partial charge is 0.249 e. The molecule has 1 N–H and O–H groups in total. The fourth-order valence-corrected chi connectivity index (χ4v) is 1.54. The van der Waals surface area contributed by atoms with Crippen LogP contribution in [-0.2, 0) is 9.53 Å². The normalized spacial score (nSPS) is 35.1. The van der Waals surface area contributed by atoms with Crippen molar-refractivity contribution in [3.63, 3.8) is 0 Å². The summed E-state index contributed by atoms with van der Waals surface area (Å²) in [5.74, 6) is 0.492. The number of ether oxygens (including phenoxy) is 1. The molecule has 12 heavy (non-hydrogen) atoms. The van der Waals surface area contributed by atoms with E-state index in [0.717, 1.165) is 25.9 Å². The van der Waals surface area contributed by atoms with Gasteiger partial charge in [0.1, 0.15) is 6.10 Å². The lowest BCUT2D eigenvalue weighted by Crippen LogP contribution is -2.38. The minimum absolute atomic E-state index is 0.0995. The first kappa shape index (κ1) is 8.05. The van der Waals surface area contributed by atoms with Gasteiger partial charge in [-0.05, 0) is 25.2 Å². The van der Waals surface area contributed by atoms with Crippen molar-refractivity contribution in [3.8, 4) is 0 Å². The second kappa shape index (κ2) is 3.05. The van der Waals surface area contributed by atoms with Crippen molar-refractivity contribution in [2.45, 2.75) is 38.3 Å². The van der Waals surface area contributed by atoms with Crippen molar-refractivity contribution in [1.29, 1.82) is 0 Å². The van der Waals surface area contributed by atoms with Crippen LogP contribution in [-0.4, -0.2) is 24.7 Å². The zero-order valence-electron chi connectivity index (χ0n) is 7.38. The SMILES string of the molecule is CC1CCOC1C(=O)NC1CC1. The van der Waals surface area contributed by atoms with E-state index in [4.69, 9.17) is 4.74 Å². The van der Waals surface area contributed by atoms with E-state index in [2.05, 4.69) is 12.2 Å². The Bertz CT molecular complexity index is 189. The molecule has 2 rings (SSSR count). The lowest BCUT2D eigenvalue weighted by Gasteiger charge is -2.13. The summed E-state index contributed by atoms with van der Waals surface area (Å²) < 4.78 is 5.34. The third-order valence-electron chi connectivity index (χ3n) is 2.57. The van der Waals surface area contributed by atoms with Gasteiger partial charge in [-0.2, -0.15) is 0 Å². The van der Waals surface area contributed by atoms with Crippen molar-refractivity contribution >= 4 is 5.91 Å². The Hall–Kier alpha value is -0.570. The van der Waals surface area contributed by atoms with Crippen LogP contribution in [0, 0.1) is 5.92 Å². The molecule has 2 aliphatic rings. The Balaban J connectivity index is 1.84. The number of rotatable bonds is 2. The number of hydrogen-bond donors (Lipinski definition) is 1. The molecular weight excluding hydrogens is 154 g/mol. The van der Waals surface area contributed by atoms with Crippen LogP contribution in [0.1, 0.15) is 26.2 Å². The van der Waals surface area contributed by atoms with Crippen molar-refractivity contribution in [2.24, 2.45) is 5.92 Å². The molecule has 1 amide bonds. The highest BCUT2D eigenvalue weighted by Gasteiger charge is 2.33. The van der Waals surface area contributed by atoms with Gasteiger partial charge in [0.2, 0.25) is 5.91 Å². The van der Waals surface area contributed by atoms with E-state index in [-0.39, 0.29) is 12.0 Å². The molecule has 2 unspecified atom stereocenters. The van der Waals surface area contributed by atoms with E-state index >= 15 is 0 Å². The van der Waals surface area contributed by atoms with Gasteiger partial charge < -0.3 is 10.1 Å². The van der Waals surface area contributed by atoms with E-state index < -0.39 is 0 Å². The third kappa shape index (κ3) is 1.61. The molecule has 2 atom stereocenters. The highest BCUT2D eigenvalue weighted by atomic mass is 16.5. The largest absolute Gasteiger partial charge is 0.368 e. The summed E-state index contributed by atoms with van der Waals surface area (Å²) in [6.45, 7) is 2.81.